The fraction of sp³-hybridized carbons (Fsp3) is 0.625. The molecular formula is C16H28N2O2. The van der Waals surface area contributed by atoms with Crippen LogP contribution >= 0.6 is 0 Å². The molecule has 1 aromatic rings. The number of rotatable bonds is 8. The highest BCUT2D eigenvalue weighted by Crippen LogP contribution is 2.17. The zero-order chi connectivity index (χ0) is 15.2. The molecule has 0 amide bonds. The summed E-state index contributed by atoms with van der Waals surface area (Å²) in [6, 6.07) is 7.64. The summed E-state index contributed by atoms with van der Waals surface area (Å²) in [5.41, 5.74) is 6.70. The Bertz CT molecular complexity index is 390. The van der Waals surface area contributed by atoms with E-state index in [1.807, 2.05) is 31.3 Å². The van der Waals surface area contributed by atoms with Crippen molar-refractivity contribution in [2.24, 2.45) is 5.73 Å². The first kappa shape index (κ1) is 17.0. The van der Waals surface area contributed by atoms with Crippen LogP contribution in [0.25, 0.3) is 0 Å². The van der Waals surface area contributed by atoms with Crippen molar-refractivity contribution in [3.8, 4) is 5.75 Å². The van der Waals surface area contributed by atoms with Crippen LogP contribution in [0.4, 0.5) is 0 Å². The standard InChI is InChI=1S/C16H28N2O2/c1-5-16(2,3)18(4)11-14(19)12-20-15-8-6-13(10-17)7-9-15/h6-9,14,19H,5,10-12,17H2,1-4H3. The average molecular weight is 280 g/mol. The van der Waals surface area contributed by atoms with E-state index in [4.69, 9.17) is 10.5 Å². The normalized spacial score (nSPS) is 13.6. The van der Waals surface area contributed by atoms with Crippen LogP contribution in [0.2, 0.25) is 0 Å². The molecule has 1 rings (SSSR count). The van der Waals surface area contributed by atoms with Gasteiger partial charge in [0.05, 0.1) is 0 Å². The lowest BCUT2D eigenvalue weighted by molar-refractivity contribution is 0.0407. The average Bonchev–Trinajstić information content (AvgIpc) is 2.45. The maximum absolute atomic E-state index is 10.1. The van der Waals surface area contributed by atoms with Gasteiger partial charge in [0.25, 0.3) is 0 Å². The number of likely N-dealkylation sites (N-methyl/N-ethyl adjacent to an activating group) is 1. The minimum atomic E-state index is -0.500. The third-order valence-electron chi connectivity index (χ3n) is 3.98. The van der Waals surface area contributed by atoms with Crippen LogP contribution < -0.4 is 10.5 Å². The highest BCUT2D eigenvalue weighted by molar-refractivity contribution is 5.27. The van der Waals surface area contributed by atoms with Gasteiger partial charge in [-0.25, -0.2) is 0 Å². The molecule has 20 heavy (non-hydrogen) atoms. The first-order valence-corrected chi connectivity index (χ1v) is 7.20. The van der Waals surface area contributed by atoms with Crippen molar-refractivity contribution in [3.63, 3.8) is 0 Å². The van der Waals surface area contributed by atoms with E-state index in [9.17, 15) is 5.11 Å². The van der Waals surface area contributed by atoms with Crippen molar-refractivity contribution in [1.82, 2.24) is 4.90 Å². The Hall–Kier alpha value is -1.10. The Morgan fingerprint density at radius 1 is 1.30 bits per heavy atom. The Morgan fingerprint density at radius 3 is 2.40 bits per heavy atom. The molecule has 1 aromatic carbocycles. The maximum atomic E-state index is 10.1. The zero-order valence-corrected chi connectivity index (χ0v) is 13.1. The predicted octanol–water partition coefficient (Wildman–Crippen LogP) is 2.01. The highest BCUT2D eigenvalue weighted by Gasteiger charge is 2.23. The molecule has 1 atom stereocenters. The molecule has 114 valence electrons. The van der Waals surface area contributed by atoms with Crippen molar-refractivity contribution in [3.05, 3.63) is 29.8 Å². The van der Waals surface area contributed by atoms with Crippen LogP contribution in [-0.4, -0.2) is 41.8 Å². The van der Waals surface area contributed by atoms with Crippen molar-refractivity contribution < 1.29 is 9.84 Å². The summed E-state index contributed by atoms with van der Waals surface area (Å²) >= 11 is 0. The Labute approximate surface area is 122 Å². The number of nitrogens with zero attached hydrogens (tertiary/aromatic N) is 1. The van der Waals surface area contributed by atoms with Crippen molar-refractivity contribution in [2.75, 3.05) is 20.2 Å². The van der Waals surface area contributed by atoms with Gasteiger partial charge in [-0.2, -0.15) is 0 Å². The fourth-order valence-electron chi connectivity index (χ4n) is 1.80. The summed E-state index contributed by atoms with van der Waals surface area (Å²) in [5, 5.41) is 10.1. The molecule has 3 N–H and O–H groups in total. The van der Waals surface area contributed by atoms with Gasteiger partial charge in [-0.15, -0.1) is 0 Å². The van der Waals surface area contributed by atoms with Gasteiger partial charge >= 0.3 is 0 Å². The second-order valence-electron chi connectivity index (χ2n) is 5.86. The lowest BCUT2D eigenvalue weighted by atomic mass is 10.00. The van der Waals surface area contributed by atoms with Crippen LogP contribution in [0.15, 0.2) is 24.3 Å². The van der Waals surface area contributed by atoms with Gasteiger partial charge < -0.3 is 15.6 Å². The smallest absolute Gasteiger partial charge is 0.119 e. The highest BCUT2D eigenvalue weighted by atomic mass is 16.5. The minimum Gasteiger partial charge on any atom is -0.491 e. The van der Waals surface area contributed by atoms with E-state index in [-0.39, 0.29) is 5.54 Å². The van der Waals surface area contributed by atoms with Crippen LogP contribution in [0, 0.1) is 0 Å². The minimum absolute atomic E-state index is 0.0871. The third kappa shape index (κ3) is 5.12. The van der Waals surface area contributed by atoms with Gasteiger partial charge in [-0.1, -0.05) is 19.1 Å². The van der Waals surface area contributed by atoms with Gasteiger partial charge in [-0.3, -0.25) is 4.90 Å². The van der Waals surface area contributed by atoms with Crippen molar-refractivity contribution in [1.29, 1.82) is 0 Å². The molecule has 0 aliphatic carbocycles. The topological polar surface area (TPSA) is 58.7 Å². The van der Waals surface area contributed by atoms with E-state index in [1.165, 1.54) is 0 Å². The molecule has 0 radical (unpaired) electrons. The Kier molecular flexibility index (Phi) is 6.46. The van der Waals surface area contributed by atoms with E-state index in [0.717, 1.165) is 17.7 Å². The summed E-state index contributed by atoms with van der Waals surface area (Å²) in [7, 11) is 2.03. The van der Waals surface area contributed by atoms with E-state index in [0.29, 0.717) is 19.7 Å². The van der Waals surface area contributed by atoms with Crippen LogP contribution in [0.5, 0.6) is 5.75 Å². The molecule has 0 aliphatic rings. The summed E-state index contributed by atoms with van der Waals surface area (Å²) in [4.78, 5) is 2.17. The van der Waals surface area contributed by atoms with Crippen molar-refractivity contribution in [2.45, 2.75) is 45.4 Å². The predicted molar refractivity (Wildman–Crippen MR) is 82.8 cm³/mol. The van der Waals surface area contributed by atoms with Gasteiger partial charge in [0.15, 0.2) is 0 Å². The summed E-state index contributed by atoms with van der Waals surface area (Å²) < 4.78 is 5.60. The van der Waals surface area contributed by atoms with Crippen molar-refractivity contribution >= 4 is 0 Å². The molecule has 4 heteroatoms. The zero-order valence-electron chi connectivity index (χ0n) is 13.1. The monoisotopic (exact) mass is 280 g/mol. The van der Waals surface area contributed by atoms with Crippen LogP contribution in [0.3, 0.4) is 0 Å². The lowest BCUT2D eigenvalue weighted by Gasteiger charge is -2.36. The maximum Gasteiger partial charge on any atom is 0.119 e. The number of aliphatic hydroxyl groups excluding tert-OH is 1. The second kappa shape index (κ2) is 7.62. The van der Waals surface area contributed by atoms with Crippen LogP contribution in [0.1, 0.15) is 32.8 Å². The number of aliphatic hydroxyl groups is 1. The van der Waals surface area contributed by atoms with Gasteiger partial charge in [0, 0.05) is 18.6 Å². The molecule has 0 fully saturated rings. The molecule has 0 spiro atoms. The van der Waals surface area contributed by atoms with E-state index >= 15 is 0 Å². The largest absolute Gasteiger partial charge is 0.491 e. The van der Waals surface area contributed by atoms with E-state index in [1.54, 1.807) is 0 Å². The quantitative estimate of drug-likeness (QED) is 0.765. The Balaban J connectivity index is 2.40. The van der Waals surface area contributed by atoms with Gasteiger partial charge in [0.2, 0.25) is 0 Å². The fourth-order valence-corrected chi connectivity index (χ4v) is 1.80. The number of hydrogen-bond donors (Lipinski definition) is 2. The number of benzene rings is 1. The molecule has 0 aromatic heterocycles. The lowest BCUT2D eigenvalue weighted by Crippen LogP contribution is -2.45. The second-order valence-corrected chi connectivity index (χ2v) is 5.86. The molecule has 0 heterocycles. The first-order valence-electron chi connectivity index (χ1n) is 7.20. The SMILES string of the molecule is CCC(C)(C)N(C)CC(O)COc1ccc(CN)cc1. The summed E-state index contributed by atoms with van der Waals surface area (Å²) in [5.74, 6) is 0.763. The molecule has 1 unspecified atom stereocenters. The van der Waals surface area contributed by atoms with E-state index in [2.05, 4.69) is 25.7 Å². The number of ether oxygens (including phenoxy) is 1. The Morgan fingerprint density at radius 2 is 1.90 bits per heavy atom. The molecule has 0 bridgehead atoms. The molecular weight excluding hydrogens is 252 g/mol. The third-order valence-corrected chi connectivity index (χ3v) is 3.98. The molecule has 0 saturated heterocycles. The number of β-amino-alcohol motifs (C(OH)–C–C–N with tert-alkyl or cyclic N) is 1. The van der Waals surface area contributed by atoms with Gasteiger partial charge in [-0.05, 0) is 45.0 Å². The molecule has 0 aliphatic heterocycles. The number of nitrogens with two attached hydrogens (primary N) is 1. The first-order chi connectivity index (χ1) is 9.39. The molecule has 4 nitrogen and oxygen atoms in total. The van der Waals surface area contributed by atoms with E-state index < -0.39 is 6.10 Å². The summed E-state index contributed by atoms with van der Waals surface area (Å²) in [6.07, 6.45) is 0.539. The van der Waals surface area contributed by atoms with Gasteiger partial charge in [0.1, 0.15) is 18.5 Å². The molecule has 0 saturated carbocycles. The number of hydrogen-bond acceptors (Lipinski definition) is 4. The van der Waals surface area contributed by atoms with Crippen LogP contribution in [-0.2, 0) is 6.54 Å². The summed E-state index contributed by atoms with van der Waals surface area (Å²) in [6.45, 7) is 7.92.